The monoisotopic (exact) mass is 470 g/mol. The average Bonchev–Trinajstić information content (AvgIpc) is 3.41. The average molecular weight is 471 g/mol. The highest BCUT2D eigenvalue weighted by atomic mass is 32.2. The van der Waals surface area contributed by atoms with Crippen molar-refractivity contribution in [3.63, 3.8) is 0 Å². The second-order valence-corrected chi connectivity index (χ2v) is 9.87. The summed E-state index contributed by atoms with van der Waals surface area (Å²) in [5.74, 6) is -0.0898. The number of benzene rings is 1. The molecule has 0 spiro atoms. The largest absolute Gasteiger partial charge is 0.481 e. The molecule has 2 heterocycles. The molecule has 0 unspecified atom stereocenters. The number of nitrogens with one attached hydrogen (secondary N) is 2. The molecule has 2 aliphatic rings. The molecule has 0 radical (unpaired) electrons. The van der Waals surface area contributed by atoms with Crippen molar-refractivity contribution in [1.29, 1.82) is 0 Å². The predicted octanol–water partition coefficient (Wildman–Crippen LogP) is 3.68. The van der Waals surface area contributed by atoms with Crippen molar-refractivity contribution in [3.8, 4) is 17.0 Å². The molecule has 33 heavy (non-hydrogen) atoms. The van der Waals surface area contributed by atoms with E-state index in [-0.39, 0.29) is 16.9 Å². The van der Waals surface area contributed by atoms with Crippen molar-refractivity contribution < 1.29 is 22.1 Å². The third-order valence-electron chi connectivity index (χ3n) is 6.21. The van der Waals surface area contributed by atoms with Gasteiger partial charge in [-0.2, -0.15) is 13.5 Å². The number of anilines is 1. The molecule has 2 aliphatic carbocycles. The van der Waals surface area contributed by atoms with E-state index in [2.05, 4.69) is 20.1 Å². The molecule has 0 saturated heterocycles. The maximum atomic E-state index is 12.9. The molecule has 5 rings (SSSR count). The van der Waals surface area contributed by atoms with Gasteiger partial charge in [0, 0.05) is 24.0 Å². The lowest BCUT2D eigenvalue weighted by Crippen LogP contribution is -2.35. The summed E-state index contributed by atoms with van der Waals surface area (Å²) in [7, 11) is -6.84. The Morgan fingerprint density at radius 1 is 1.21 bits per heavy atom. The van der Waals surface area contributed by atoms with Gasteiger partial charge >= 0.3 is 6.03 Å². The lowest BCUT2D eigenvalue weighted by atomic mass is 9.93. The van der Waals surface area contributed by atoms with Gasteiger partial charge in [-0.1, -0.05) is 12.1 Å². The molecule has 1 fully saturated rings. The molecule has 3 aromatic rings. The number of carbonyl (C=O) groups is 1. The minimum Gasteiger partial charge on any atom is -0.481 e. The Bertz CT molecular complexity index is 1420. The number of carbonyl (C=O) groups excluding carboxylic acids is 1. The van der Waals surface area contributed by atoms with Gasteiger partial charge in [-0.05, 0) is 67.3 Å². The molecule has 1 aromatic carbocycles. The van der Waals surface area contributed by atoms with Crippen molar-refractivity contribution in [3.05, 3.63) is 53.9 Å². The summed E-state index contributed by atoms with van der Waals surface area (Å²) < 4.78 is 56.2. The number of urea groups is 1. The van der Waals surface area contributed by atoms with E-state index in [1.807, 2.05) is 12.1 Å². The second-order valence-electron chi connectivity index (χ2n) is 8.24. The number of hydrogen-bond acceptors (Lipinski definition) is 6. The zero-order chi connectivity index (χ0) is 25.5. The number of amides is 2. The highest BCUT2D eigenvalue weighted by molar-refractivity contribution is 7.90. The molecule has 0 atom stereocenters. The van der Waals surface area contributed by atoms with Crippen LogP contribution in [0.5, 0.6) is 5.88 Å². The van der Waals surface area contributed by atoms with Gasteiger partial charge < -0.3 is 10.1 Å². The Hall–Kier alpha value is -3.40. The summed E-state index contributed by atoms with van der Waals surface area (Å²) in [6, 6.07) is 7.55. The van der Waals surface area contributed by atoms with Crippen LogP contribution in [0.15, 0.2) is 47.8 Å². The fourth-order valence-corrected chi connectivity index (χ4v) is 5.16. The summed E-state index contributed by atoms with van der Waals surface area (Å²) >= 11 is 0. The first-order valence-corrected chi connectivity index (χ1v) is 12.3. The summed E-state index contributed by atoms with van der Waals surface area (Å²) in [6.45, 7) is 0. The van der Waals surface area contributed by atoms with Crippen LogP contribution in [-0.4, -0.2) is 36.3 Å². The number of ether oxygens (including phenoxy) is 1. The van der Waals surface area contributed by atoms with E-state index in [1.54, 1.807) is 16.9 Å². The van der Waals surface area contributed by atoms with Gasteiger partial charge in [0.15, 0.2) is 5.03 Å². The van der Waals surface area contributed by atoms with Crippen LogP contribution in [0.2, 0.25) is 0 Å². The second kappa shape index (κ2) is 8.51. The van der Waals surface area contributed by atoms with Crippen molar-refractivity contribution in [2.75, 3.05) is 12.4 Å². The topological polar surface area (TPSA) is 115 Å². The van der Waals surface area contributed by atoms with E-state index in [1.165, 1.54) is 18.3 Å². The summed E-state index contributed by atoms with van der Waals surface area (Å²) in [5, 5.41) is 6.65. The van der Waals surface area contributed by atoms with Crippen molar-refractivity contribution in [2.24, 2.45) is 0 Å². The summed E-state index contributed by atoms with van der Waals surface area (Å²) in [4.78, 5) is 16.8. The lowest BCUT2D eigenvalue weighted by molar-refractivity contribution is 0.256. The van der Waals surface area contributed by atoms with E-state index in [9.17, 15) is 13.2 Å². The molecule has 2 aromatic heterocycles. The first-order chi connectivity index (χ1) is 17.1. The molecular formula is C23H25N5O4S. The van der Waals surface area contributed by atoms with Crippen LogP contribution in [0.25, 0.3) is 11.1 Å². The predicted molar refractivity (Wildman–Crippen MR) is 123 cm³/mol. The number of pyridine rings is 1. The lowest BCUT2D eigenvalue weighted by Gasteiger charge is -2.25. The number of rotatable bonds is 6. The van der Waals surface area contributed by atoms with E-state index in [0.29, 0.717) is 23.2 Å². The maximum Gasteiger partial charge on any atom is 0.333 e. The van der Waals surface area contributed by atoms with Crippen LogP contribution in [-0.2, 0) is 22.9 Å². The molecule has 172 valence electrons. The SMILES string of the molecule is [2H]C([2H])([2H])Oc1cc(-c2ccc3c(c2NC(=O)NS(=O)(=O)c2ccn(C4CCC4)n2)CCC3)ccn1. The van der Waals surface area contributed by atoms with Crippen LogP contribution >= 0.6 is 0 Å². The van der Waals surface area contributed by atoms with Crippen LogP contribution in [0, 0.1) is 0 Å². The number of fused-ring (bicyclic) bond motifs is 1. The van der Waals surface area contributed by atoms with Gasteiger partial charge in [-0.15, -0.1) is 0 Å². The molecule has 1 saturated carbocycles. The van der Waals surface area contributed by atoms with Gasteiger partial charge in [0.2, 0.25) is 5.88 Å². The molecular weight excluding hydrogens is 442 g/mol. The van der Waals surface area contributed by atoms with E-state index < -0.39 is 23.1 Å². The van der Waals surface area contributed by atoms with Gasteiger partial charge in [-0.3, -0.25) is 4.68 Å². The summed E-state index contributed by atoms with van der Waals surface area (Å²) in [5.41, 5.74) is 3.59. The minimum absolute atomic E-state index is 0.0898. The molecule has 0 bridgehead atoms. The number of sulfonamides is 1. The Kier molecular flexibility index (Phi) is 4.66. The first-order valence-electron chi connectivity index (χ1n) is 12.3. The van der Waals surface area contributed by atoms with Crippen molar-refractivity contribution in [2.45, 2.75) is 49.6 Å². The Morgan fingerprint density at radius 2 is 2.09 bits per heavy atom. The minimum atomic E-state index is -4.18. The Morgan fingerprint density at radius 3 is 2.88 bits per heavy atom. The third-order valence-corrected chi connectivity index (χ3v) is 7.43. The van der Waals surface area contributed by atoms with Crippen LogP contribution in [0.3, 0.4) is 0 Å². The van der Waals surface area contributed by atoms with Crippen LogP contribution < -0.4 is 14.8 Å². The zero-order valence-corrected chi connectivity index (χ0v) is 18.6. The normalized spacial score (nSPS) is 17.3. The highest BCUT2D eigenvalue weighted by Gasteiger charge is 2.26. The molecule has 2 amide bonds. The van der Waals surface area contributed by atoms with Crippen LogP contribution in [0.1, 0.15) is 47.0 Å². The number of aryl methyl sites for hydroxylation is 1. The fraction of sp³-hybridized carbons (Fsp3) is 0.348. The van der Waals surface area contributed by atoms with Crippen molar-refractivity contribution >= 4 is 21.7 Å². The zero-order valence-electron chi connectivity index (χ0n) is 20.7. The van der Waals surface area contributed by atoms with Crippen molar-refractivity contribution in [1.82, 2.24) is 19.5 Å². The highest BCUT2D eigenvalue weighted by Crippen LogP contribution is 2.38. The molecule has 10 heteroatoms. The molecule has 2 N–H and O–H groups in total. The fourth-order valence-electron chi connectivity index (χ4n) is 4.31. The maximum absolute atomic E-state index is 12.9. The molecule has 9 nitrogen and oxygen atoms in total. The number of hydrogen-bond donors (Lipinski definition) is 2. The van der Waals surface area contributed by atoms with Crippen LogP contribution in [0.4, 0.5) is 10.5 Å². The first kappa shape index (κ1) is 18.1. The Balaban J connectivity index is 1.41. The summed E-state index contributed by atoms with van der Waals surface area (Å²) in [6.07, 6.45) is 8.45. The third kappa shape index (κ3) is 4.18. The number of methoxy groups -OCH3 is 1. The smallest absolute Gasteiger partial charge is 0.333 e. The quantitative estimate of drug-likeness (QED) is 0.568. The van der Waals surface area contributed by atoms with E-state index in [0.717, 1.165) is 43.2 Å². The van der Waals surface area contributed by atoms with Gasteiger partial charge in [-0.25, -0.2) is 14.5 Å². The van der Waals surface area contributed by atoms with Gasteiger partial charge in [0.25, 0.3) is 10.0 Å². The molecule has 0 aliphatic heterocycles. The standard InChI is InChI=1S/C23H25N5O4S/c1-32-20-14-16(10-12-24-20)19-9-8-15-4-2-7-18(15)22(19)25-23(29)27-33(30,31)21-11-13-28(26-21)17-5-3-6-17/h8-14,17H,2-7H2,1H3,(H2,25,27,29)/i1D3. The van der Waals surface area contributed by atoms with E-state index >= 15 is 0 Å². The van der Waals surface area contributed by atoms with E-state index in [4.69, 9.17) is 8.85 Å². The van der Waals surface area contributed by atoms with Gasteiger partial charge in [0.1, 0.15) is 0 Å². The number of aromatic nitrogens is 3. The van der Waals surface area contributed by atoms with Gasteiger partial charge in [0.05, 0.1) is 22.9 Å². The number of nitrogens with zero attached hydrogens (tertiary/aromatic N) is 3. The Labute approximate surface area is 196 Å².